The first-order chi connectivity index (χ1) is 9.72. The number of benzene rings is 2. The summed E-state index contributed by atoms with van der Waals surface area (Å²) in [6.07, 6.45) is 0. The zero-order chi connectivity index (χ0) is 14.1. The van der Waals surface area contributed by atoms with Crippen LogP contribution in [0.3, 0.4) is 0 Å². The van der Waals surface area contributed by atoms with Gasteiger partial charge in [-0.2, -0.15) is 0 Å². The monoisotopic (exact) mass is 265 g/mol. The summed E-state index contributed by atoms with van der Waals surface area (Å²) in [6.45, 7) is 5.18. The minimum Gasteiger partial charge on any atom is -0.388 e. The molecule has 0 aliphatic heterocycles. The van der Waals surface area contributed by atoms with E-state index in [-0.39, 0.29) is 0 Å². The first-order valence-corrected chi connectivity index (χ1v) is 6.98. The summed E-state index contributed by atoms with van der Waals surface area (Å²) in [7, 11) is 1.93. The largest absolute Gasteiger partial charge is 0.388 e. The minimum absolute atomic E-state index is 0.919. The van der Waals surface area contributed by atoms with E-state index in [4.69, 9.17) is 4.98 Å². The summed E-state index contributed by atoms with van der Waals surface area (Å²) < 4.78 is 2.27. The Morgan fingerprint density at radius 1 is 1.10 bits per heavy atom. The Morgan fingerprint density at radius 2 is 1.85 bits per heavy atom. The highest BCUT2D eigenvalue weighted by Crippen LogP contribution is 2.26. The van der Waals surface area contributed by atoms with E-state index >= 15 is 0 Å². The lowest BCUT2D eigenvalue weighted by atomic mass is 10.2. The molecule has 0 saturated carbocycles. The van der Waals surface area contributed by atoms with Gasteiger partial charge < -0.3 is 9.88 Å². The molecular formula is C17H19N3. The lowest BCUT2D eigenvalue weighted by molar-refractivity contribution is 0.796. The van der Waals surface area contributed by atoms with E-state index in [1.165, 1.54) is 11.1 Å². The summed E-state index contributed by atoms with van der Waals surface area (Å²) in [5.74, 6) is 1.04. The highest BCUT2D eigenvalue weighted by Gasteiger charge is 2.11. The van der Waals surface area contributed by atoms with Gasteiger partial charge >= 0.3 is 0 Å². The second kappa shape index (κ2) is 5.00. The molecule has 3 heteroatoms. The predicted molar refractivity (Wildman–Crippen MR) is 85.1 cm³/mol. The highest BCUT2D eigenvalue weighted by atomic mass is 15.1. The van der Waals surface area contributed by atoms with Gasteiger partial charge in [-0.15, -0.1) is 0 Å². The van der Waals surface area contributed by atoms with Crippen LogP contribution in [0.15, 0.2) is 42.5 Å². The van der Waals surface area contributed by atoms with Gasteiger partial charge in [0.05, 0.1) is 11.0 Å². The third-order valence-electron chi connectivity index (χ3n) is 3.65. The van der Waals surface area contributed by atoms with Gasteiger partial charge in [-0.3, -0.25) is 0 Å². The van der Waals surface area contributed by atoms with Gasteiger partial charge in [0.2, 0.25) is 0 Å². The van der Waals surface area contributed by atoms with Crippen molar-refractivity contribution in [2.45, 2.75) is 20.4 Å². The molecule has 0 unspecified atom stereocenters. The smallest absolute Gasteiger partial charge is 0.141 e. The van der Waals surface area contributed by atoms with Crippen LogP contribution < -0.4 is 5.32 Å². The van der Waals surface area contributed by atoms with E-state index in [0.29, 0.717) is 0 Å². The molecule has 0 aliphatic carbocycles. The van der Waals surface area contributed by atoms with Crippen molar-refractivity contribution in [3.8, 4) is 11.4 Å². The van der Waals surface area contributed by atoms with Crippen LogP contribution in [0.4, 0.5) is 5.69 Å². The molecule has 0 radical (unpaired) electrons. The number of nitrogens with one attached hydrogen (secondary N) is 1. The minimum atomic E-state index is 0.919. The molecule has 2 aromatic carbocycles. The van der Waals surface area contributed by atoms with Gasteiger partial charge in [0, 0.05) is 24.8 Å². The molecular weight excluding hydrogens is 246 g/mol. The van der Waals surface area contributed by atoms with Crippen molar-refractivity contribution in [3.63, 3.8) is 0 Å². The number of fused-ring (bicyclic) bond motifs is 1. The van der Waals surface area contributed by atoms with Crippen molar-refractivity contribution in [3.05, 3.63) is 48.0 Å². The van der Waals surface area contributed by atoms with E-state index < -0.39 is 0 Å². The molecule has 0 atom stereocenters. The number of aromatic nitrogens is 2. The summed E-state index contributed by atoms with van der Waals surface area (Å²) in [4.78, 5) is 4.81. The first-order valence-electron chi connectivity index (χ1n) is 6.98. The van der Waals surface area contributed by atoms with Gasteiger partial charge in [0.25, 0.3) is 0 Å². The van der Waals surface area contributed by atoms with Crippen LogP contribution in [-0.2, 0) is 6.54 Å². The molecule has 0 spiro atoms. The normalized spacial score (nSPS) is 10.9. The van der Waals surface area contributed by atoms with E-state index in [1.54, 1.807) is 0 Å². The molecule has 0 fully saturated rings. The van der Waals surface area contributed by atoms with Crippen LogP contribution in [0.25, 0.3) is 22.4 Å². The second-order valence-corrected chi connectivity index (χ2v) is 5.00. The Labute approximate surface area is 119 Å². The average molecular weight is 265 g/mol. The van der Waals surface area contributed by atoms with Crippen LogP contribution in [0, 0.1) is 6.92 Å². The summed E-state index contributed by atoms with van der Waals surface area (Å²) >= 11 is 0. The Hall–Kier alpha value is -2.29. The molecule has 1 aromatic heterocycles. The molecule has 0 saturated heterocycles. The van der Waals surface area contributed by atoms with E-state index in [0.717, 1.165) is 29.1 Å². The Balaban J connectivity index is 2.18. The van der Waals surface area contributed by atoms with Crippen LogP contribution in [-0.4, -0.2) is 16.6 Å². The lowest BCUT2D eigenvalue weighted by Gasteiger charge is -2.07. The molecule has 0 bridgehead atoms. The number of hydrogen-bond acceptors (Lipinski definition) is 2. The van der Waals surface area contributed by atoms with Crippen molar-refractivity contribution < 1.29 is 0 Å². The maximum Gasteiger partial charge on any atom is 0.141 e. The number of nitrogens with zero attached hydrogens (tertiary/aromatic N) is 2. The highest BCUT2D eigenvalue weighted by molar-refractivity contribution is 5.81. The molecule has 102 valence electrons. The Morgan fingerprint density at radius 3 is 2.50 bits per heavy atom. The summed E-state index contributed by atoms with van der Waals surface area (Å²) in [6, 6.07) is 14.8. The van der Waals surface area contributed by atoms with Crippen molar-refractivity contribution >= 4 is 16.7 Å². The Bertz CT molecular complexity index is 739. The van der Waals surface area contributed by atoms with Crippen molar-refractivity contribution in [1.29, 1.82) is 0 Å². The zero-order valence-electron chi connectivity index (χ0n) is 12.1. The first kappa shape index (κ1) is 12.7. The van der Waals surface area contributed by atoms with E-state index in [2.05, 4.69) is 66.2 Å². The van der Waals surface area contributed by atoms with Crippen LogP contribution in [0.5, 0.6) is 0 Å². The molecule has 0 aliphatic rings. The number of hydrogen-bond donors (Lipinski definition) is 1. The SMILES string of the molecule is CCn1c(-c2ccc(NC)cc2)nc2cc(C)ccc21. The van der Waals surface area contributed by atoms with E-state index in [1.807, 2.05) is 7.05 Å². The van der Waals surface area contributed by atoms with Crippen molar-refractivity contribution in [2.24, 2.45) is 0 Å². The zero-order valence-corrected chi connectivity index (χ0v) is 12.1. The Kier molecular flexibility index (Phi) is 3.18. The van der Waals surface area contributed by atoms with Gasteiger partial charge in [-0.1, -0.05) is 6.07 Å². The summed E-state index contributed by atoms with van der Waals surface area (Å²) in [5, 5.41) is 3.14. The fourth-order valence-corrected chi connectivity index (χ4v) is 2.57. The average Bonchev–Trinajstić information content (AvgIpc) is 2.84. The molecule has 1 heterocycles. The van der Waals surface area contributed by atoms with Crippen molar-refractivity contribution in [1.82, 2.24) is 9.55 Å². The molecule has 1 N–H and O–H groups in total. The molecule has 20 heavy (non-hydrogen) atoms. The summed E-state index contributed by atoms with van der Waals surface area (Å²) in [5.41, 5.74) is 5.78. The fourth-order valence-electron chi connectivity index (χ4n) is 2.57. The third kappa shape index (κ3) is 2.05. The number of imidazole rings is 1. The number of rotatable bonds is 3. The van der Waals surface area contributed by atoms with Gasteiger partial charge in [0.1, 0.15) is 5.82 Å². The van der Waals surface area contributed by atoms with Crippen LogP contribution in [0.2, 0.25) is 0 Å². The van der Waals surface area contributed by atoms with Crippen LogP contribution >= 0.6 is 0 Å². The second-order valence-electron chi connectivity index (χ2n) is 5.00. The number of aryl methyl sites for hydroxylation is 2. The van der Waals surface area contributed by atoms with Gasteiger partial charge in [-0.05, 0) is 55.8 Å². The quantitative estimate of drug-likeness (QED) is 0.773. The molecule has 0 amide bonds. The maximum absolute atomic E-state index is 4.81. The third-order valence-corrected chi connectivity index (χ3v) is 3.65. The maximum atomic E-state index is 4.81. The van der Waals surface area contributed by atoms with Crippen molar-refractivity contribution in [2.75, 3.05) is 12.4 Å². The molecule has 3 rings (SSSR count). The fraction of sp³-hybridized carbons (Fsp3) is 0.235. The number of anilines is 1. The standard InChI is InChI=1S/C17H19N3/c1-4-20-16-10-5-12(2)11-15(16)19-17(20)13-6-8-14(18-3)9-7-13/h5-11,18H,4H2,1-3H3. The van der Waals surface area contributed by atoms with Crippen LogP contribution in [0.1, 0.15) is 12.5 Å². The lowest BCUT2D eigenvalue weighted by Crippen LogP contribution is -1.97. The molecule has 3 aromatic rings. The topological polar surface area (TPSA) is 29.9 Å². The predicted octanol–water partition coefficient (Wildman–Crippen LogP) is 4.07. The van der Waals surface area contributed by atoms with E-state index in [9.17, 15) is 0 Å². The molecule has 3 nitrogen and oxygen atoms in total. The van der Waals surface area contributed by atoms with Gasteiger partial charge in [-0.25, -0.2) is 4.98 Å². The van der Waals surface area contributed by atoms with Gasteiger partial charge in [0.15, 0.2) is 0 Å².